The van der Waals surface area contributed by atoms with Crippen LogP contribution in [0.1, 0.15) is 0 Å². The lowest BCUT2D eigenvalue weighted by Gasteiger charge is -1.96. The minimum Gasteiger partial charge on any atom is -0.0872 e. The number of halogens is 2. The lowest BCUT2D eigenvalue weighted by molar-refractivity contribution is 1.75. The average Bonchev–Trinajstić information content (AvgIpc) is 1.85. The molecule has 0 heterocycles. The SMILES string of the molecule is C[B]c1cc(Cl)cc(Cl)c1. The predicted molar refractivity (Wildman–Crippen MR) is 47.7 cm³/mol. The van der Waals surface area contributed by atoms with E-state index < -0.39 is 0 Å². The summed E-state index contributed by atoms with van der Waals surface area (Å²) in [5.41, 5.74) is 1.05. The fourth-order valence-electron chi connectivity index (χ4n) is 0.742. The van der Waals surface area contributed by atoms with Gasteiger partial charge in [-0.2, -0.15) is 0 Å². The highest BCUT2D eigenvalue weighted by molar-refractivity contribution is 6.53. The van der Waals surface area contributed by atoms with Crippen LogP contribution in [0.4, 0.5) is 0 Å². The molecule has 1 radical (unpaired) electrons. The zero-order valence-electron chi connectivity index (χ0n) is 5.57. The molecule has 0 spiro atoms. The van der Waals surface area contributed by atoms with Crippen LogP contribution in [0.3, 0.4) is 0 Å². The van der Waals surface area contributed by atoms with Gasteiger partial charge in [0.05, 0.1) is 0 Å². The first kappa shape index (κ1) is 7.97. The van der Waals surface area contributed by atoms with Gasteiger partial charge < -0.3 is 0 Å². The van der Waals surface area contributed by atoms with E-state index in [9.17, 15) is 0 Å². The molecule has 0 atom stereocenters. The van der Waals surface area contributed by atoms with Gasteiger partial charge in [0.1, 0.15) is 7.28 Å². The topological polar surface area (TPSA) is 0 Å². The van der Waals surface area contributed by atoms with Crippen molar-refractivity contribution in [1.82, 2.24) is 0 Å². The smallest absolute Gasteiger partial charge is 0.0872 e. The summed E-state index contributed by atoms with van der Waals surface area (Å²) >= 11 is 11.4. The summed E-state index contributed by atoms with van der Waals surface area (Å²) < 4.78 is 0. The summed E-state index contributed by atoms with van der Waals surface area (Å²) in [6.45, 7) is 1.95. The summed E-state index contributed by atoms with van der Waals surface area (Å²) in [6, 6.07) is 5.46. The molecule has 0 aromatic heterocycles. The molecule has 0 saturated heterocycles. The molecule has 0 unspecified atom stereocenters. The Labute approximate surface area is 71.4 Å². The van der Waals surface area contributed by atoms with Gasteiger partial charge in [-0.05, 0) is 18.2 Å². The van der Waals surface area contributed by atoms with E-state index in [4.69, 9.17) is 23.2 Å². The quantitative estimate of drug-likeness (QED) is 0.570. The molecule has 0 nitrogen and oxygen atoms in total. The molecule has 1 rings (SSSR count). The van der Waals surface area contributed by atoms with Crippen molar-refractivity contribution in [3.63, 3.8) is 0 Å². The number of benzene rings is 1. The van der Waals surface area contributed by atoms with E-state index >= 15 is 0 Å². The van der Waals surface area contributed by atoms with Crippen molar-refractivity contribution in [3.8, 4) is 0 Å². The third-order valence-corrected chi connectivity index (χ3v) is 1.65. The maximum Gasteiger partial charge on any atom is 0.148 e. The van der Waals surface area contributed by atoms with Gasteiger partial charge in [0, 0.05) is 10.0 Å². The molecule has 0 N–H and O–H groups in total. The highest BCUT2D eigenvalue weighted by Crippen LogP contribution is 2.13. The van der Waals surface area contributed by atoms with Crippen LogP contribution >= 0.6 is 23.2 Å². The molecular formula is C7H6BCl2. The van der Waals surface area contributed by atoms with Crippen LogP contribution < -0.4 is 5.46 Å². The van der Waals surface area contributed by atoms with Crippen molar-refractivity contribution in [2.75, 3.05) is 0 Å². The molecule has 10 heavy (non-hydrogen) atoms. The lowest BCUT2D eigenvalue weighted by atomic mass is 9.73. The van der Waals surface area contributed by atoms with Crippen molar-refractivity contribution in [3.05, 3.63) is 28.2 Å². The first-order valence-electron chi connectivity index (χ1n) is 2.98. The van der Waals surface area contributed by atoms with Crippen LogP contribution in [0.15, 0.2) is 18.2 Å². The van der Waals surface area contributed by atoms with Crippen LogP contribution in [-0.2, 0) is 0 Å². The van der Waals surface area contributed by atoms with Gasteiger partial charge in [-0.3, -0.25) is 0 Å². The van der Waals surface area contributed by atoms with E-state index in [1.54, 1.807) is 6.07 Å². The monoisotopic (exact) mass is 171 g/mol. The molecule has 0 amide bonds. The van der Waals surface area contributed by atoms with E-state index in [2.05, 4.69) is 0 Å². The van der Waals surface area contributed by atoms with Gasteiger partial charge in [0.25, 0.3) is 0 Å². The van der Waals surface area contributed by atoms with Gasteiger partial charge in [0.2, 0.25) is 0 Å². The van der Waals surface area contributed by atoms with E-state index in [0.717, 1.165) is 5.46 Å². The Kier molecular flexibility index (Phi) is 2.64. The molecule has 51 valence electrons. The number of rotatable bonds is 1. The van der Waals surface area contributed by atoms with Crippen molar-refractivity contribution < 1.29 is 0 Å². The summed E-state index contributed by atoms with van der Waals surface area (Å²) in [5.74, 6) is 0. The predicted octanol–water partition coefficient (Wildman–Crippen LogP) is 2.37. The highest BCUT2D eigenvalue weighted by Gasteiger charge is 1.94. The largest absolute Gasteiger partial charge is 0.148 e. The second-order valence-electron chi connectivity index (χ2n) is 1.99. The zero-order valence-corrected chi connectivity index (χ0v) is 7.08. The zero-order chi connectivity index (χ0) is 7.56. The van der Waals surface area contributed by atoms with Gasteiger partial charge in [-0.25, -0.2) is 0 Å². The molecule has 0 aliphatic carbocycles. The normalized spacial score (nSPS) is 9.50. The molecule has 0 saturated carbocycles. The third-order valence-electron chi connectivity index (χ3n) is 1.22. The van der Waals surface area contributed by atoms with E-state index in [0.29, 0.717) is 10.0 Å². The van der Waals surface area contributed by atoms with Crippen LogP contribution in [0, 0.1) is 0 Å². The maximum absolute atomic E-state index is 5.72. The van der Waals surface area contributed by atoms with Gasteiger partial charge in [-0.15, -0.1) is 0 Å². The average molecular weight is 172 g/mol. The lowest BCUT2D eigenvalue weighted by Crippen LogP contribution is -2.09. The minimum absolute atomic E-state index is 0.681. The molecule has 1 aromatic rings. The Hall–Kier alpha value is -0.135. The molecule has 3 heteroatoms. The molecule has 0 bridgehead atoms. The summed E-state index contributed by atoms with van der Waals surface area (Å²) in [4.78, 5) is 0. The summed E-state index contributed by atoms with van der Waals surface area (Å²) in [6.07, 6.45) is 0. The van der Waals surface area contributed by atoms with Crippen LogP contribution in [0.5, 0.6) is 0 Å². The second-order valence-corrected chi connectivity index (χ2v) is 2.86. The summed E-state index contributed by atoms with van der Waals surface area (Å²) in [5, 5.41) is 1.36. The molecule has 0 aliphatic rings. The van der Waals surface area contributed by atoms with Crippen molar-refractivity contribution in [2.24, 2.45) is 0 Å². The summed E-state index contributed by atoms with van der Waals surface area (Å²) in [7, 11) is 1.96. The van der Waals surface area contributed by atoms with E-state index in [1.165, 1.54) is 0 Å². The second kappa shape index (κ2) is 3.31. The van der Waals surface area contributed by atoms with E-state index in [1.807, 2.05) is 26.2 Å². The Morgan fingerprint density at radius 2 is 1.60 bits per heavy atom. The van der Waals surface area contributed by atoms with Gasteiger partial charge in [0.15, 0.2) is 0 Å². The Morgan fingerprint density at radius 3 is 2.00 bits per heavy atom. The van der Waals surface area contributed by atoms with Gasteiger partial charge in [-0.1, -0.05) is 35.5 Å². The van der Waals surface area contributed by atoms with Crippen molar-refractivity contribution in [2.45, 2.75) is 6.82 Å². The Bertz CT molecular complexity index is 215. The van der Waals surface area contributed by atoms with Crippen LogP contribution in [0.2, 0.25) is 16.9 Å². The molecule has 0 aliphatic heterocycles. The number of hydrogen-bond donors (Lipinski definition) is 0. The highest BCUT2D eigenvalue weighted by atomic mass is 35.5. The maximum atomic E-state index is 5.72. The van der Waals surface area contributed by atoms with Crippen molar-refractivity contribution in [1.29, 1.82) is 0 Å². The molecule has 0 fully saturated rings. The Balaban J connectivity index is 3.06. The minimum atomic E-state index is 0.681. The van der Waals surface area contributed by atoms with Gasteiger partial charge >= 0.3 is 0 Å². The first-order chi connectivity index (χ1) is 4.72. The molecule has 1 aromatic carbocycles. The first-order valence-corrected chi connectivity index (χ1v) is 3.73. The fraction of sp³-hybridized carbons (Fsp3) is 0.143. The van der Waals surface area contributed by atoms with Crippen LogP contribution in [-0.4, -0.2) is 7.28 Å². The molecular weight excluding hydrogens is 166 g/mol. The number of hydrogen-bond acceptors (Lipinski definition) is 0. The van der Waals surface area contributed by atoms with Crippen LogP contribution in [0.25, 0.3) is 0 Å². The third kappa shape index (κ3) is 1.93. The Morgan fingerprint density at radius 1 is 1.10 bits per heavy atom. The fourth-order valence-corrected chi connectivity index (χ4v) is 1.28. The standard InChI is InChI=1S/C7H6BCl2/c1-8-5-2-6(9)4-7(10)3-5/h2-4H,1H3. The van der Waals surface area contributed by atoms with Crippen molar-refractivity contribution >= 4 is 35.9 Å². The van der Waals surface area contributed by atoms with E-state index in [-0.39, 0.29) is 0 Å².